The number of carbonyl (C=O) groups is 1. The molecule has 5 nitrogen and oxygen atoms in total. The molecule has 0 spiro atoms. The number of non-ortho nitro benzene ring substituents is 1. The second kappa shape index (κ2) is 6.26. The van der Waals surface area contributed by atoms with E-state index in [9.17, 15) is 20.0 Å². The number of aliphatic hydroxyl groups is 1. The third kappa shape index (κ3) is 3.37. The second-order valence-corrected chi connectivity index (χ2v) is 4.30. The van der Waals surface area contributed by atoms with E-state index in [1.165, 1.54) is 24.3 Å². The summed E-state index contributed by atoms with van der Waals surface area (Å²) in [6.45, 7) is 3.58. The highest BCUT2D eigenvalue weighted by Crippen LogP contribution is 2.25. The van der Waals surface area contributed by atoms with Gasteiger partial charge in [0.05, 0.1) is 11.0 Å². The molecule has 0 aromatic heterocycles. The minimum atomic E-state index is -0.912. The summed E-state index contributed by atoms with van der Waals surface area (Å²) in [6, 6.07) is 5.63. The van der Waals surface area contributed by atoms with Crippen molar-refractivity contribution in [3.63, 3.8) is 0 Å². The molecule has 1 aromatic carbocycles. The van der Waals surface area contributed by atoms with Crippen molar-refractivity contribution >= 4 is 11.5 Å². The predicted molar refractivity (Wildman–Crippen MR) is 67.1 cm³/mol. The van der Waals surface area contributed by atoms with Gasteiger partial charge in [-0.1, -0.05) is 13.8 Å². The Morgan fingerprint density at radius 2 is 1.94 bits per heavy atom. The summed E-state index contributed by atoms with van der Waals surface area (Å²) in [5.41, 5.74) is 0.496. The number of ketones is 1. The van der Waals surface area contributed by atoms with Crippen molar-refractivity contribution < 1.29 is 14.8 Å². The summed E-state index contributed by atoms with van der Waals surface area (Å²) in [5.74, 6) is -0.491. The van der Waals surface area contributed by atoms with E-state index in [4.69, 9.17) is 0 Å². The van der Waals surface area contributed by atoms with Crippen LogP contribution in [0.15, 0.2) is 24.3 Å². The van der Waals surface area contributed by atoms with Gasteiger partial charge in [-0.05, 0) is 24.1 Å². The Kier molecular flexibility index (Phi) is 4.97. The van der Waals surface area contributed by atoms with Crippen LogP contribution in [0.5, 0.6) is 0 Å². The van der Waals surface area contributed by atoms with Gasteiger partial charge in [-0.25, -0.2) is 0 Å². The fraction of sp³-hybridized carbons (Fsp3) is 0.462. The standard InChI is InChI=1S/C13H17NO4/c1-3-4-12(15)9(2)13(16)10-5-7-11(8-6-10)14(17)18/h5-9,13,16H,3-4H2,1-2H3/t9-,13+/m1/s1. The molecule has 0 unspecified atom stereocenters. The molecule has 0 radical (unpaired) electrons. The highest BCUT2D eigenvalue weighted by molar-refractivity contribution is 5.81. The van der Waals surface area contributed by atoms with Gasteiger partial charge in [0.2, 0.25) is 0 Å². The van der Waals surface area contributed by atoms with Crippen LogP contribution < -0.4 is 0 Å². The van der Waals surface area contributed by atoms with Crippen LogP contribution in [-0.2, 0) is 4.79 Å². The van der Waals surface area contributed by atoms with Crippen molar-refractivity contribution in [1.82, 2.24) is 0 Å². The summed E-state index contributed by atoms with van der Waals surface area (Å²) in [6.07, 6.45) is 0.270. The summed E-state index contributed by atoms with van der Waals surface area (Å²) in [5, 5.41) is 20.5. The van der Waals surface area contributed by atoms with E-state index in [-0.39, 0.29) is 11.5 Å². The first-order valence-corrected chi connectivity index (χ1v) is 5.92. The molecule has 1 rings (SSSR count). The fourth-order valence-electron chi connectivity index (χ4n) is 1.73. The number of aliphatic hydroxyl groups excluding tert-OH is 1. The van der Waals surface area contributed by atoms with Crippen molar-refractivity contribution in [2.75, 3.05) is 0 Å². The summed E-state index contributed by atoms with van der Waals surface area (Å²) in [7, 11) is 0. The highest BCUT2D eigenvalue weighted by atomic mass is 16.6. The van der Waals surface area contributed by atoms with Crippen molar-refractivity contribution in [2.24, 2.45) is 5.92 Å². The van der Waals surface area contributed by atoms with Gasteiger partial charge in [-0.15, -0.1) is 0 Å². The molecule has 0 heterocycles. The quantitative estimate of drug-likeness (QED) is 0.622. The monoisotopic (exact) mass is 251 g/mol. The van der Waals surface area contributed by atoms with Crippen molar-refractivity contribution in [2.45, 2.75) is 32.8 Å². The average Bonchev–Trinajstić information content (AvgIpc) is 2.37. The first-order valence-electron chi connectivity index (χ1n) is 5.92. The molecule has 0 aliphatic heterocycles. The molecular formula is C13H17NO4. The second-order valence-electron chi connectivity index (χ2n) is 4.30. The maximum Gasteiger partial charge on any atom is 0.269 e. The first-order chi connectivity index (χ1) is 8.47. The molecule has 98 valence electrons. The minimum absolute atomic E-state index is 0.00310. The molecule has 5 heteroatoms. The van der Waals surface area contributed by atoms with E-state index in [2.05, 4.69) is 0 Å². The Hall–Kier alpha value is -1.75. The zero-order chi connectivity index (χ0) is 13.7. The van der Waals surface area contributed by atoms with Crippen molar-refractivity contribution in [1.29, 1.82) is 0 Å². The molecule has 0 saturated heterocycles. The molecule has 18 heavy (non-hydrogen) atoms. The third-order valence-electron chi connectivity index (χ3n) is 2.92. The van der Waals surface area contributed by atoms with Gasteiger partial charge in [0.25, 0.3) is 5.69 Å². The molecule has 0 saturated carbocycles. The lowest BCUT2D eigenvalue weighted by Crippen LogP contribution is -2.19. The number of carbonyl (C=O) groups excluding carboxylic acids is 1. The number of hydrogen-bond donors (Lipinski definition) is 1. The zero-order valence-electron chi connectivity index (χ0n) is 10.5. The number of nitrogens with zero attached hydrogens (tertiary/aromatic N) is 1. The van der Waals surface area contributed by atoms with Crippen LogP contribution in [-0.4, -0.2) is 15.8 Å². The lowest BCUT2D eigenvalue weighted by Gasteiger charge is -2.17. The topological polar surface area (TPSA) is 80.4 Å². The number of nitro benzene ring substituents is 1. The van der Waals surface area contributed by atoms with E-state index >= 15 is 0 Å². The maximum absolute atomic E-state index is 11.7. The predicted octanol–water partition coefficient (Wildman–Crippen LogP) is 2.63. The molecule has 0 amide bonds. The van der Waals surface area contributed by atoms with Gasteiger partial charge in [-0.2, -0.15) is 0 Å². The molecule has 0 aliphatic carbocycles. The van der Waals surface area contributed by atoms with Crippen LogP contribution in [0.25, 0.3) is 0 Å². The Morgan fingerprint density at radius 3 is 2.39 bits per heavy atom. The number of hydrogen-bond acceptors (Lipinski definition) is 4. The summed E-state index contributed by atoms with van der Waals surface area (Å²) < 4.78 is 0. The van der Waals surface area contributed by atoms with Crippen LogP contribution in [0.2, 0.25) is 0 Å². The van der Waals surface area contributed by atoms with Crippen LogP contribution >= 0.6 is 0 Å². The number of Topliss-reactive ketones (excluding diaryl/α,β-unsaturated/α-hetero) is 1. The molecule has 1 N–H and O–H groups in total. The Labute approximate surface area is 106 Å². The van der Waals surface area contributed by atoms with Gasteiger partial charge in [0, 0.05) is 24.5 Å². The van der Waals surface area contributed by atoms with E-state index in [1.807, 2.05) is 6.92 Å². The molecule has 0 bridgehead atoms. The zero-order valence-corrected chi connectivity index (χ0v) is 10.5. The Morgan fingerprint density at radius 1 is 1.39 bits per heavy atom. The average molecular weight is 251 g/mol. The normalized spacial score (nSPS) is 13.9. The number of rotatable bonds is 6. The SMILES string of the molecule is CCCC(=O)[C@@H](C)[C@H](O)c1ccc([N+](=O)[O-])cc1. The van der Waals surface area contributed by atoms with Crippen LogP contribution in [0.4, 0.5) is 5.69 Å². The van der Waals surface area contributed by atoms with Crippen LogP contribution in [0.1, 0.15) is 38.4 Å². The summed E-state index contributed by atoms with van der Waals surface area (Å²) >= 11 is 0. The van der Waals surface area contributed by atoms with Crippen LogP contribution in [0.3, 0.4) is 0 Å². The number of benzene rings is 1. The largest absolute Gasteiger partial charge is 0.388 e. The van der Waals surface area contributed by atoms with E-state index in [0.29, 0.717) is 12.0 Å². The van der Waals surface area contributed by atoms with Crippen LogP contribution in [0, 0.1) is 16.0 Å². The van der Waals surface area contributed by atoms with Gasteiger partial charge in [-0.3, -0.25) is 14.9 Å². The Bertz CT molecular complexity index is 427. The highest BCUT2D eigenvalue weighted by Gasteiger charge is 2.23. The third-order valence-corrected chi connectivity index (χ3v) is 2.92. The Balaban J connectivity index is 2.80. The lowest BCUT2D eigenvalue weighted by atomic mass is 9.92. The van der Waals surface area contributed by atoms with Gasteiger partial charge in [0.1, 0.15) is 5.78 Å². The van der Waals surface area contributed by atoms with Gasteiger partial charge < -0.3 is 5.11 Å². The molecule has 0 fully saturated rings. The molecule has 0 aliphatic rings. The van der Waals surface area contributed by atoms with E-state index in [1.54, 1.807) is 6.92 Å². The molecule has 2 atom stereocenters. The lowest BCUT2D eigenvalue weighted by molar-refractivity contribution is -0.384. The number of nitro groups is 1. The minimum Gasteiger partial charge on any atom is -0.388 e. The maximum atomic E-state index is 11.7. The molecule has 1 aromatic rings. The fourth-order valence-corrected chi connectivity index (χ4v) is 1.73. The summed E-state index contributed by atoms with van der Waals surface area (Å²) in [4.78, 5) is 21.7. The van der Waals surface area contributed by atoms with Crippen molar-refractivity contribution in [3.05, 3.63) is 39.9 Å². The van der Waals surface area contributed by atoms with Gasteiger partial charge in [0.15, 0.2) is 0 Å². The molecular weight excluding hydrogens is 234 g/mol. The smallest absolute Gasteiger partial charge is 0.269 e. The first kappa shape index (κ1) is 14.3. The van der Waals surface area contributed by atoms with Crippen molar-refractivity contribution in [3.8, 4) is 0 Å². The van der Waals surface area contributed by atoms with E-state index < -0.39 is 16.9 Å². The van der Waals surface area contributed by atoms with E-state index in [0.717, 1.165) is 6.42 Å². The van der Waals surface area contributed by atoms with Gasteiger partial charge >= 0.3 is 0 Å².